The van der Waals surface area contributed by atoms with Crippen molar-refractivity contribution in [1.82, 2.24) is 4.98 Å². The minimum Gasteiger partial charge on any atom is -0.449 e. The summed E-state index contributed by atoms with van der Waals surface area (Å²) in [7, 11) is 0. The van der Waals surface area contributed by atoms with E-state index in [9.17, 15) is 4.79 Å². The van der Waals surface area contributed by atoms with E-state index in [1.165, 1.54) is 0 Å². The molecule has 1 N–H and O–H groups in total. The van der Waals surface area contributed by atoms with Gasteiger partial charge in [0.1, 0.15) is 5.75 Å². The van der Waals surface area contributed by atoms with E-state index in [1.54, 1.807) is 12.1 Å². The zero-order valence-electron chi connectivity index (χ0n) is 10.5. The number of para-hydroxylation sites is 1. The second-order valence-electron chi connectivity index (χ2n) is 4.26. The van der Waals surface area contributed by atoms with Gasteiger partial charge < -0.3 is 9.84 Å². The number of rotatable bonds is 2. The van der Waals surface area contributed by atoms with Crippen LogP contribution in [-0.2, 0) is 0 Å². The van der Waals surface area contributed by atoms with E-state index < -0.39 is 6.16 Å². The molecule has 3 aromatic rings. The Kier molecular flexibility index (Phi) is 3.05. The van der Waals surface area contributed by atoms with Gasteiger partial charge in [0.25, 0.3) is 0 Å². The quantitative estimate of drug-likeness (QED) is 0.712. The Bertz CT molecular complexity index is 769. The molecule has 0 atom stereocenters. The molecule has 0 amide bonds. The van der Waals surface area contributed by atoms with Crippen molar-refractivity contribution in [3.63, 3.8) is 0 Å². The summed E-state index contributed by atoms with van der Waals surface area (Å²) in [5, 5.41) is 9.52. The Morgan fingerprint density at radius 3 is 2.45 bits per heavy atom. The maximum absolute atomic E-state index is 10.8. The van der Waals surface area contributed by atoms with Gasteiger partial charge >= 0.3 is 6.16 Å². The van der Waals surface area contributed by atoms with Crippen LogP contribution in [0.5, 0.6) is 5.75 Å². The molecule has 0 radical (unpaired) electrons. The van der Waals surface area contributed by atoms with Gasteiger partial charge in [-0.25, -0.2) is 9.78 Å². The highest BCUT2D eigenvalue weighted by Gasteiger charge is 2.10. The fraction of sp³-hybridized carbons (Fsp3) is 0. The zero-order chi connectivity index (χ0) is 13.9. The van der Waals surface area contributed by atoms with Crippen LogP contribution in [0.2, 0.25) is 0 Å². The first-order valence-electron chi connectivity index (χ1n) is 6.10. The number of nitrogens with zero attached hydrogens (tertiary/aromatic N) is 1. The Balaban J connectivity index is 2.22. The molecule has 1 heterocycles. The largest absolute Gasteiger partial charge is 0.511 e. The molecule has 4 nitrogen and oxygen atoms in total. The van der Waals surface area contributed by atoms with Crippen LogP contribution in [-0.4, -0.2) is 16.2 Å². The molecule has 20 heavy (non-hydrogen) atoms. The van der Waals surface area contributed by atoms with Crippen molar-refractivity contribution in [2.45, 2.75) is 0 Å². The third-order valence-electron chi connectivity index (χ3n) is 2.95. The molecule has 0 unspecified atom stereocenters. The summed E-state index contributed by atoms with van der Waals surface area (Å²) < 4.78 is 4.87. The average Bonchev–Trinajstić information content (AvgIpc) is 2.47. The van der Waals surface area contributed by atoms with Crippen LogP contribution in [0.25, 0.3) is 22.2 Å². The van der Waals surface area contributed by atoms with Crippen LogP contribution in [0.1, 0.15) is 0 Å². The van der Waals surface area contributed by atoms with Gasteiger partial charge in [-0.2, -0.15) is 0 Å². The number of carboxylic acid groups (broad SMARTS) is 1. The maximum atomic E-state index is 10.8. The van der Waals surface area contributed by atoms with E-state index >= 15 is 0 Å². The molecular weight excluding hydrogens is 254 g/mol. The average molecular weight is 265 g/mol. The molecule has 4 heteroatoms. The normalized spacial score (nSPS) is 10.4. The van der Waals surface area contributed by atoms with E-state index in [1.807, 2.05) is 48.5 Å². The number of benzene rings is 2. The minimum atomic E-state index is -1.33. The maximum Gasteiger partial charge on any atom is 0.511 e. The van der Waals surface area contributed by atoms with Crippen LogP contribution in [0.15, 0.2) is 60.7 Å². The molecule has 0 aliphatic heterocycles. The number of fused-ring (bicyclic) bond motifs is 1. The molecule has 2 aromatic carbocycles. The van der Waals surface area contributed by atoms with Crippen LogP contribution < -0.4 is 4.74 Å². The molecule has 3 rings (SSSR count). The SMILES string of the molecule is O=C(O)Oc1cc(-c2ccccc2)nc2ccccc12. The number of aromatic nitrogens is 1. The summed E-state index contributed by atoms with van der Waals surface area (Å²) in [6.07, 6.45) is -1.33. The fourth-order valence-corrected chi connectivity index (χ4v) is 2.08. The van der Waals surface area contributed by atoms with Crippen molar-refractivity contribution >= 4 is 17.1 Å². The summed E-state index contributed by atoms with van der Waals surface area (Å²) in [6, 6.07) is 18.5. The monoisotopic (exact) mass is 265 g/mol. The zero-order valence-corrected chi connectivity index (χ0v) is 10.5. The lowest BCUT2D eigenvalue weighted by molar-refractivity contribution is 0.145. The van der Waals surface area contributed by atoms with Crippen molar-refractivity contribution in [1.29, 1.82) is 0 Å². The summed E-state index contributed by atoms with van der Waals surface area (Å²) in [6.45, 7) is 0. The predicted octanol–water partition coefficient (Wildman–Crippen LogP) is 3.96. The predicted molar refractivity (Wildman–Crippen MR) is 75.8 cm³/mol. The van der Waals surface area contributed by atoms with E-state index in [2.05, 4.69) is 4.98 Å². The lowest BCUT2D eigenvalue weighted by Crippen LogP contribution is -2.04. The smallest absolute Gasteiger partial charge is 0.449 e. The Hall–Kier alpha value is -2.88. The third-order valence-corrected chi connectivity index (χ3v) is 2.95. The number of hydrogen-bond donors (Lipinski definition) is 1. The first-order valence-corrected chi connectivity index (χ1v) is 6.10. The second-order valence-corrected chi connectivity index (χ2v) is 4.26. The Morgan fingerprint density at radius 1 is 1.00 bits per heavy atom. The first-order chi connectivity index (χ1) is 9.74. The fourth-order valence-electron chi connectivity index (χ4n) is 2.08. The number of pyridine rings is 1. The van der Waals surface area contributed by atoms with Gasteiger partial charge in [0.05, 0.1) is 11.2 Å². The van der Waals surface area contributed by atoms with Crippen molar-refractivity contribution in [3.05, 3.63) is 60.7 Å². The van der Waals surface area contributed by atoms with Crippen LogP contribution >= 0.6 is 0 Å². The molecule has 0 bridgehead atoms. The first kappa shape index (κ1) is 12.2. The van der Waals surface area contributed by atoms with Crippen LogP contribution in [0.3, 0.4) is 0 Å². The van der Waals surface area contributed by atoms with Gasteiger partial charge in [-0.1, -0.05) is 42.5 Å². The van der Waals surface area contributed by atoms with E-state index in [0.29, 0.717) is 22.3 Å². The highest BCUT2D eigenvalue weighted by atomic mass is 16.7. The topological polar surface area (TPSA) is 59.4 Å². The third kappa shape index (κ3) is 2.31. The molecule has 0 saturated carbocycles. The molecule has 0 spiro atoms. The van der Waals surface area contributed by atoms with Gasteiger partial charge in [-0.05, 0) is 12.1 Å². The van der Waals surface area contributed by atoms with Gasteiger partial charge in [0, 0.05) is 17.0 Å². The Labute approximate surface area is 115 Å². The van der Waals surface area contributed by atoms with Gasteiger partial charge in [-0.3, -0.25) is 0 Å². The van der Waals surface area contributed by atoms with E-state index in [4.69, 9.17) is 9.84 Å². The van der Waals surface area contributed by atoms with Crippen molar-refractivity contribution in [2.75, 3.05) is 0 Å². The molecular formula is C16H11NO3. The summed E-state index contributed by atoms with van der Waals surface area (Å²) in [5.41, 5.74) is 2.29. The molecule has 1 aromatic heterocycles. The standard InChI is InChI=1S/C16H11NO3/c18-16(19)20-15-10-14(11-6-2-1-3-7-11)17-13-9-5-4-8-12(13)15/h1-10H,(H,18,19). The lowest BCUT2D eigenvalue weighted by atomic mass is 10.1. The molecule has 0 aliphatic rings. The Morgan fingerprint density at radius 2 is 1.70 bits per heavy atom. The van der Waals surface area contributed by atoms with Crippen LogP contribution in [0.4, 0.5) is 4.79 Å². The van der Waals surface area contributed by atoms with Gasteiger partial charge in [0.15, 0.2) is 0 Å². The van der Waals surface area contributed by atoms with E-state index in [0.717, 1.165) is 5.56 Å². The van der Waals surface area contributed by atoms with Crippen molar-refractivity contribution in [3.8, 4) is 17.0 Å². The highest BCUT2D eigenvalue weighted by Crippen LogP contribution is 2.29. The molecule has 0 saturated heterocycles. The number of ether oxygens (including phenoxy) is 1. The number of hydrogen-bond acceptors (Lipinski definition) is 3. The summed E-state index contributed by atoms with van der Waals surface area (Å²) in [4.78, 5) is 15.4. The van der Waals surface area contributed by atoms with Crippen LogP contribution in [0, 0.1) is 0 Å². The van der Waals surface area contributed by atoms with Crippen molar-refractivity contribution in [2.24, 2.45) is 0 Å². The molecule has 0 fully saturated rings. The highest BCUT2D eigenvalue weighted by molar-refractivity contribution is 5.89. The van der Waals surface area contributed by atoms with E-state index in [-0.39, 0.29) is 0 Å². The molecule has 0 aliphatic carbocycles. The lowest BCUT2D eigenvalue weighted by Gasteiger charge is -2.08. The van der Waals surface area contributed by atoms with Gasteiger partial charge in [0.2, 0.25) is 0 Å². The summed E-state index contributed by atoms with van der Waals surface area (Å²) in [5.74, 6) is 0.293. The second kappa shape index (κ2) is 5.01. The minimum absolute atomic E-state index is 0.293. The summed E-state index contributed by atoms with van der Waals surface area (Å²) >= 11 is 0. The van der Waals surface area contributed by atoms with Crippen molar-refractivity contribution < 1.29 is 14.6 Å². The van der Waals surface area contributed by atoms with Gasteiger partial charge in [-0.15, -0.1) is 0 Å². The molecule has 98 valence electrons. The number of carbonyl (C=O) groups is 1.